The zero-order valence-electron chi connectivity index (χ0n) is 8.62. The molecular formula is C10H8Cl2N2O2. The Labute approximate surface area is 102 Å². The SMILES string of the molecule is COc1cc(OC)c2c(Cl)nc(Cl)nc2c1. The number of hydrogen-bond acceptors (Lipinski definition) is 4. The molecule has 0 saturated heterocycles. The second-order valence-corrected chi connectivity index (χ2v) is 3.70. The van der Waals surface area contributed by atoms with E-state index in [9.17, 15) is 0 Å². The average molecular weight is 259 g/mol. The molecule has 1 aromatic carbocycles. The summed E-state index contributed by atoms with van der Waals surface area (Å²) in [6, 6.07) is 3.43. The molecule has 0 aliphatic rings. The van der Waals surface area contributed by atoms with Crippen molar-refractivity contribution in [2.24, 2.45) is 0 Å². The van der Waals surface area contributed by atoms with E-state index in [-0.39, 0.29) is 10.4 Å². The van der Waals surface area contributed by atoms with Crippen LogP contribution in [0.5, 0.6) is 11.5 Å². The molecule has 1 aromatic heterocycles. The van der Waals surface area contributed by atoms with Crippen LogP contribution in [-0.4, -0.2) is 24.2 Å². The molecule has 0 bridgehead atoms. The number of aromatic nitrogens is 2. The van der Waals surface area contributed by atoms with Crippen LogP contribution in [0.4, 0.5) is 0 Å². The van der Waals surface area contributed by atoms with Crippen molar-refractivity contribution in [3.63, 3.8) is 0 Å². The van der Waals surface area contributed by atoms with E-state index in [0.29, 0.717) is 22.4 Å². The molecule has 0 spiro atoms. The first-order valence-electron chi connectivity index (χ1n) is 4.40. The smallest absolute Gasteiger partial charge is 0.224 e. The summed E-state index contributed by atoms with van der Waals surface area (Å²) in [6.07, 6.45) is 0. The fraction of sp³-hybridized carbons (Fsp3) is 0.200. The second kappa shape index (κ2) is 4.31. The van der Waals surface area contributed by atoms with E-state index in [4.69, 9.17) is 32.7 Å². The summed E-state index contributed by atoms with van der Waals surface area (Å²) in [5, 5.41) is 0.969. The molecule has 0 radical (unpaired) electrons. The Hall–Kier alpha value is -1.26. The van der Waals surface area contributed by atoms with Crippen molar-refractivity contribution in [2.75, 3.05) is 14.2 Å². The van der Waals surface area contributed by atoms with Crippen LogP contribution >= 0.6 is 23.2 Å². The molecular weight excluding hydrogens is 251 g/mol. The van der Waals surface area contributed by atoms with E-state index in [1.54, 1.807) is 26.4 Å². The highest BCUT2D eigenvalue weighted by Gasteiger charge is 2.12. The molecule has 0 N–H and O–H groups in total. The van der Waals surface area contributed by atoms with Gasteiger partial charge < -0.3 is 9.47 Å². The first-order valence-corrected chi connectivity index (χ1v) is 5.16. The zero-order valence-corrected chi connectivity index (χ0v) is 10.1. The molecule has 4 nitrogen and oxygen atoms in total. The summed E-state index contributed by atoms with van der Waals surface area (Å²) in [5.41, 5.74) is 0.584. The van der Waals surface area contributed by atoms with E-state index in [1.165, 1.54) is 0 Å². The van der Waals surface area contributed by atoms with Crippen LogP contribution < -0.4 is 9.47 Å². The van der Waals surface area contributed by atoms with Gasteiger partial charge in [0.25, 0.3) is 0 Å². The standard InChI is InChI=1S/C10H8Cl2N2O2/c1-15-5-3-6-8(7(4-5)16-2)9(11)14-10(12)13-6/h3-4H,1-2H3. The van der Waals surface area contributed by atoms with Crippen molar-refractivity contribution in [3.05, 3.63) is 22.6 Å². The molecule has 84 valence electrons. The lowest BCUT2D eigenvalue weighted by atomic mass is 10.2. The van der Waals surface area contributed by atoms with Crippen molar-refractivity contribution in [1.82, 2.24) is 9.97 Å². The van der Waals surface area contributed by atoms with Crippen molar-refractivity contribution in [1.29, 1.82) is 0 Å². The van der Waals surface area contributed by atoms with Gasteiger partial charge in [0.2, 0.25) is 5.28 Å². The molecule has 0 amide bonds. The topological polar surface area (TPSA) is 44.2 Å². The van der Waals surface area contributed by atoms with Gasteiger partial charge in [-0.05, 0) is 11.6 Å². The minimum absolute atomic E-state index is 0.0906. The fourth-order valence-electron chi connectivity index (χ4n) is 1.41. The van der Waals surface area contributed by atoms with E-state index in [0.717, 1.165) is 0 Å². The highest BCUT2D eigenvalue weighted by Crippen LogP contribution is 2.34. The number of fused-ring (bicyclic) bond motifs is 1. The highest BCUT2D eigenvalue weighted by molar-refractivity contribution is 6.36. The summed E-state index contributed by atoms with van der Waals surface area (Å²) >= 11 is 11.7. The Balaban J connectivity index is 2.83. The molecule has 16 heavy (non-hydrogen) atoms. The summed E-state index contributed by atoms with van der Waals surface area (Å²) in [7, 11) is 3.10. The maximum Gasteiger partial charge on any atom is 0.224 e. The van der Waals surface area contributed by atoms with Crippen LogP contribution in [0.15, 0.2) is 12.1 Å². The monoisotopic (exact) mass is 258 g/mol. The lowest BCUT2D eigenvalue weighted by Gasteiger charge is -2.08. The minimum Gasteiger partial charge on any atom is -0.497 e. The largest absolute Gasteiger partial charge is 0.497 e. The molecule has 2 aromatic rings. The molecule has 0 aliphatic heterocycles. The molecule has 0 unspecified atom stereocenters. The fourth-order valence-corrected chi connectivity index (χ4v) is 1.90. The van der Waals surface area contributed by atoms with Crippen LogP contribution in [-0.2, 0) is 0 Å². The van der Waals surface area contributed by atoms with Gasteiger partial charge in [-0.2, -0.15) is 0 Å². The summed E-state index contributed by atoms with van der Waals surface area (Å²) in [4.78, 5) is 7.93. The third kappa shape index (κ3) is 1.86. The number of ether oxygens (including phenoxy) is 2. The van der Waals surface area contributed by atoms with E-state index in [2.05, 4.69) is 9.97 Å². The molecule has 1 heterocycles. The molecule has 2 rings (SSSR count). The Morgan fingerprint density at radius 3 is 2.44 bits per heavy atom. The number of hydrogen-bond donors (Lipinski definition) is 0. The summed E-state index contributed by atoms with van der Waals surface area (Å²) in [5.74, 6) is 1.17. The number of methoxy groups -OCH3 is 2. The van der Waals surface area contributed by atoms with Crippen LogP contribution in [0.1, 0.15) is 0 Å². The predicted molar refractivity (Wildman–Crippen MR) is 62.7 cm³/mol. The number of rotatable bonds is 2. The third-order valence-electron chi connectivity index (χ3n) is 2.12. The maximum atomic E-state index is 5.99. The molecule has 6 heteroatoms. The zero-order chi connectivity index (χ0) is 11.7. The predicted octanol–water partition coefficient (Wildman–Crippen LogP) is 2.95. The Morgan fingerprint density at radius 2 is 1.81 bits per heavy atom. The first kappa shape index (κ1) is 11.2. The Morgan fingerprint density at radius 1 is 1.06 bits per heavy atom. The van der Waals surface area contributed by atoms with E-state index >= 15 is 0 Å². The van der Waals surface area contributed by atoms with Crippen molar-refractivity contribution in [3.8, 4) is 11.5 Å². The Kier molecular flexibility index (Phi) is 3.03. The second-order valence-electron chi connectivity index (χ2n) is 3.01. The third-order valence-corrected chi connectivity index (χ3v) is 2.56. The van der Waals surface area contributed by atoms with Crippen LogP contribution in [0.3, 0.4) is 0 Å². The van der Waals surface area contributed by atoms with Gasteiger partial charge in [-0.25, -0.2) is 9.97 Å². The van der Waals surface area contributed by atoms with E-state index in [1.807, 2.05) is 0 Å². The lowest BCUT2D eigenvalue weighted by Crippen LogP contribution is -1.93. The Bertz CT molecular complexity index is 546. The van der Waals surface area contributed by atoms with Crippen molar-refractivity contribution < 1.29 is 9.47 Å². The highest BCUT2D eigenvalue weighted by atomic mass is 35.5. The molecule has 0 atom stereocenters. The number of nitrogens with zero attached hydrogens (tertiary/aromatic N) is 2. The minimum atomic E-state index is 0.0906. The van der Waals surface area contributed by atoms with Crippen molar-refractivity contribution >= 4 is 34.1 Å². The molecule has 0 saturated carbocycles. The summed E-state index contributed by atoms with van der Waals surface area (Å²) < 4.78 is 10.3. The van der Waals surface area contributed by atoms with E-state index < -0.39 is 0 Å². The van der Waals surface area contributed by atoms with Gasteiger partial charge in [0.1, 0.15) is 16.7 Å². The van der Waals surface area contributed by atoms with Gasteiger partial charge in [0.15, 0.2) is 0 Å². The molecule has 0 aliphatic carbocycles. The number of halogens is 2. The molecule has 0 fully saturated rings. The summed E-state index contributed by atoms with van der Waals surface area (Å²) in [6.45, 7) is 0. The van der Waals surface area contributed by atoms with Crippen LogP contribution in [0.25, 0.3) is 10.9 Å². The van der Waals surface area contributed by atoms with Crippen LogP contribution in [0, 0.1) is 0 Å². The van der Waals surface area contributed by atoms with Gasteiger partial charge in [0, 0.05) is 12.1 Å². The van der Waals surface area contributed by atoms with Gasteiger partial charge in [-0.3, -0.25) is 0 Å². The van der Waals surface area contributed by atoms with Crippen LogP contribution in [0.2, 0.25) is 10.4 Å². The van der Waals surface area contributed by atoms with Crippen molar-refractivity contribution in [2.45, 2.75) is 0 Å². The van der Waals surface area contributed by atoms with Gasteiger partial charge in [0.05, 0.1) is 25.1 Å². The first-order chi connectivity index (χ1) is 7.65. The maximum absolute atomic E-state index is 5.99. The normalized spacial score (nSPS) is 10.5. The quantitative estimate of drug-likeness (QED) is 0.614. The number of benzene rings is 1. The average Bonchev–Trinajstić information content (AvgIpc) is 2.26. The lowest BCUT2D eigenvalue weighted by molar-refractivity contribution is 0.397. The van der Waals surface area contributed by atoms with Gasteiger partial charge in [-0.1, -0.05) is 11.6 Å². The van der Waals surface area contributed by atoms with Gasteiger partial charge >= 0.3 is 0 Å². The van der Waals surface area contributed by atoms with Gasteiger partial charge in [-0.15, -0.1) is 0 Å².